The topological polar surface area (TPSA) is 63.1 Å². The molecule has 0 spiro atoms. The molecule has 1 aromatic carbocycles. The fourth-order valence-corrected chi connectivity index (χ4v) is 10.1. The van der Waals surface area contributed by atoms with E-state index in [4.69, 9.17) is 0 Å². The largest absolute Gasteiger partial charge is 0.416 e. The fourth-order valence-electron chi connectivity index (χ4n) is 6.77. The normalized spacial score (nSPS) is 28.0. The Labute approximate surface area is 237 Å². The summed E-state index contributed by atoms with van der Waals surface area (Å²) in [6, 6.07) is 7.90. The Morgan fingerprint density at radius 2 is 1.76 bits per heavy atom. The van der Waals surface area contributed by atoms with E-state index in [2.05, 4.69) is 15.3 Å². The molecule has 12 heteroatoms. The summed E-state index contributed by atoms with van der Waals surface area (Å²) in [4.78, 5) is 25.0. The molecule has 6 rings (SSSR count). The number of hydrogen-bond donors (Lipinski definition) is 2. The minimum Gasteiger partial charge on any atom is -0.353 e. The standard InChI is InChI=1S/C29H34F5N5OS/c1-17-13-38(14-18(2)36-17)26-22-11-20(29(32,33)34)12-24-25(22)39(27(40)37-26)15-19(23-5-3-4-10-35-23)16-41(24)21-6-8-28(30,31)9-7-21/h3-5,10-12,17-19,21,36,41H,6-9,13-16H2,1-2H3/t17-,18+,19?. The number of halogens is 5. The van der Waals surface area contributed by atoms with Gasteiger partial charge in [-0.15, -0.1) is 0 Å². The SMILES string of the molecule is C[C@@H]1CN(c2nc(=O)n3c4c(cc(C(F)(F)F)cc24)[SH](C2CCC(F)(F)CC2)CC(c2ccccn2)C3)C[C@H](C)N1. The third kappa shape index (κ3) is 5.57. The zero-order valence-corrected chi connectivity index (χ0v) is 23.9. The van der Waals surface area contributed by atoms with Gasteiger partial charge < -0.3 is 10.2 Å². The molecule has 2 aromatic heterocycles. The highest BCUT2D eigenvalue weighted by Gasteiger charge is 2.41. The third-order valence-corrected chi connectivity index (χ3v) is 11.8. The van der Waals surface area contributed by atoms with Gasteiger partial charge in [-0.25, -0.2) is 24.5 Å². The van der Waals surface area contributed by atoms with Gasteiger partial charge in [0.25, 0.3) is 0 Å². The van der Waals surface area contributed by atoms with Crippen LogP contribution in [0.3, 0.4) is 0 Å². The average molecular weight is 596 g/mol. The van der Waals surface area contributed by atoms with Gasteiger partial charge in [-0.2, -0.15) is 18.2 Å². The van der Waals surface area contributed by atoms with E-state index >= 15 is 0 Å². The van der Waals surface area contributed by atoms with Gasteiger partial charge in [-0.1, -0.05) is 6.07 Å². The number of nitrogens with one attached hydrogen (secondary N) is 1. The highest BCUT2D eigenvalue weighted by molar-refractivity contribution is 8.17. The summed E-state index contributed by atoms with van der Waals surface area (Å²) in [6.45, 7) is 5.17. The van der Waals surface area contributed by atoms with E-state index in [9.17, 15) is 26.7 Å². The molecule has 41 heavy (non-hydrogen) atoms. The second-order valence-electron chi connectivity index (χ2n) is 11.8. The van der Waals surface area contributed by atoms with E-state index in [1.165, 1.54) is 10.6 Å². The zero-order chi connectivity index (χ0) is 29.1. The van der Waals surface area contributed by atoms with Crippen molar-refractivity contribution in [3.8, 4) is 0 Å². The van der Waals surface area contributed by atoms with Crippen LogP contribution in [0.2, 0.25) is 0 Å². The number of thiol groups is 1. The van der Waals surface area contributed by atoms with Crippen molar-refractivity contribution in [2.75, 3.05) is 23.7 Å². The molecule has 3 aromatic rings. The van der Waals surface area contributed by atoms with Crippen LogP contribution in [0.15, 0.2) is 46.2 Å². The summed E-state index contributed by atoms with van der Waals surface area (Å²) in [7, 11) is -1.34. The maximum Gasteiger partial charge on any atom is 0.416 e. The number of pyridine rings is 1. The summed E-state index contributed by atoms with van der Waals surface area (Å²) in [5, 5.41) is 3.53. The molecule has 0 bridgehead atoms. The summed E-state index contributed by atoms with van der Waals surface area (Å²) >= 11 is 0. The smallest absolute Gasteiger partial charge is 0.353 e. The van der Waals surface area contributed by atoms with Crippen molar-refractivity contribution < 1.29 is 22.0 Å². The van der Waals surface area contributed by atoms with Crippen LogP contribution in [-0.4, -0.2) is 56.6 Å². The van der Waals surface area contributed by atoms with E-state index in [0.717, 1.165) is 11.8 Å². The maximum absolute atomic E-state index is 14.4. The molecular formula is C29H34F5N5OS. The Balaban J connectivity index is 1.60. The number of aromatic nitrogens is 3. The number of nitrogens with zero attached hydrogens (tertiary/aromatic N) is 4. The molecule has 3 aliphatic rings. The summed E-state index contributed by atoms with van der Waals surface area (Å²) in [5.41, 5.74) is -0.109. The lowest BCUT2D eigenvalue weighted by atomic mass is 9.96. The first-order chi connectivity index (χ1) is 19.4. The van der Waals surface area contributed by atoms with Crippen LogP contribution in [0.25, 0.3) is 10.9 Å². The Morgan fingerprint density at radius 1 is 1.05 bits per heavy atom. The highest BCUT2D eigenvalue weighted by atomic mass is 32.2. The van der Waals surface area contributed by atoms with Gasteiger partial charge in [-0.3, -0.25) is 9.55 Å². The van der Waals surface area contributed by atoms with Crippen molar-refractivity contribution in [3.05, 3.63) is 58.3 Å². The zero-order valence-electron chi connectivity index (χ0n) is 23.0. The lowest BCUT2D eigenvalue weighted by Gasteiger charge is -2.38. The number of rotatable bonds is 3. The van der Waals surface area contributed by atoms with Crippen LogP contribution in [-0.2, 0) is 12.7 Å². The van der Waals surface area contributed by atoms with Gasteiger partial charge in [0, 0.05) is 72.6 Å². The molecule has 4 atom stereocenters. The number of alkyl halides is 5. The molecule has 1 saturated heterocycles. The lowest BCUT2D eigenvalue weighted by molar-refractivity contribution is -0.137. The molecule has 0 amide bonds. The Kier molecular flexibility index (Phi) is 7.28. The molecule has 1 saturated carbocycles. The van der Waals surface area contributed by atoms with Crippen molar-refractivity contribution in [2.24, 2.45) is 0 Å². The monoisotopic (exact) mass is 595 g/mol. The van der Waals surface area contributed by atoms with Crippen LogP contribution in [0.4, 0.5) is 27.8 Å². The van der Waals surface area contributed by atoms with Gasteiger partial charge in [0.05, 0.1) is 11.1 Å². The van der Waals surface area contributed by atoms with E-state index in [1.807, 2.05) is 30.9 Å². The Morgan fingerprint density at radius 3 is 2.39 bits per heavy atom. The average Bonchev–Trinajstić information content (AvgIpc) is 3.08. The molecule has 1 aliphatic carbocycles. The van der Waals surface area contributed by atoms with Gasteiger partial charge in [-0.05, 0) is 62.0 Å². The van der Waals surface area contributed by atoms with E-state index in [0.29, 0.717) is 34.6 Å². The molecule has 2 fully saturated rings. The number of benzene rings is 1. The second kappa shape index (κ2) is 10.5. The quantitative estimate of drug-likeness (QED) is 0.299. The molecule has 4 heterocycles. The first-order valence-electron chi connectivity index (χ1n) is 14.1. The number of piperazine rings is 1. The summed E-state index contributed by atoms with van der Waals surface area (Å²) in [6.07, 6.45) is -3.05. The summed E-state index contributed by atoms with van der Waals surface area (Å²) < 4.78 is 73.2. The molecular weight excluding hydrogens is 561 g/mol. The molecule has 1 N–H and O–H groups in total. The van der Waals surface area contributed by atoms with Crippen LogP contribution in [0.1, 0.15) is 56.7 Å². The Bertz CT molecular complexity index is 1480. The lowest BCUT2D eigenvalue weighted by Crippen LogP contribution is -2.55. The van der Waals surface area contributed by atoms with Crippen LogP contribution in [0, 0.1) is 0 Å². The van der Waals surface area contributed by atoms with Gasteiger partial charge >= 0.3 is 11.9 Å². The number of hydrogen-bond acceptors (Lipinski definition) is 5. The van der Waals surface area contributed by atoms with Crippen LogP contribution < -0.4 is 15.9 Å². The van der Waals surface area contributed by atoms with E-state index in [-0.39, 0.29) is 61.3 Å². The van der Waals surface area contributed by atoms with Gasteiger partial charge in [0.1, 0.15) is 5.82 Å². The van der Waals surface area contributed by atoms with Crippen molar-refractivity contribution >= 4 is 27.6 Å². The van der Waals surface area contributed by atoms with Crippen molar-refractivity contribution in [2.45, 2.75) is 86.3 Å². The first-order valence-corrected chi connectivity index (χ1v) is 15.7. The molecule has 2 unspecified atom stereocenters. The molecule has 0 radical (unpaired) electrons. The van der Waals surface area contributed by atoms with Crippen molar-refractivity contribution in [1.82, 2.24) is 19.9 Å². The minimum atomic E-state index is -4.62. The van der Waals surface area contributed by atoms with Crippen LogP contribution in [0.5, 0.6) is 0 Å². The fraction of sp³-hybridized carbons (Fsp3) is 0.552. The van der Waals surface area contributed by atoms with Gasteiger partial charge in [0.2, 0.25) is 5.92 Å². The van der Waals surface area contributed by atoms with Crippen molar-refractivity contribution in [1.29, 1.82) is 0 Å². The molecule has 222 valence electrons. The van der Waals surface area contributed by atoms with Crippen LogP contribution >= 0.6 is 10.9 Å². The third-order valence-electron chi connectivity index (χ3n) is 8.58. The minimum absolute atomic E-state index is 0.0496. The van der Waals surface area contributed by atoms with E-state index < -0.39 is 34.2 Å². The predicted octanol–water partition coefficient (Wildman–Crippen LogP) is 5.73. The van der Waals surface area contributed by atoms with Crippen molar-refractivity contribution in [3.63, 3.8) is 0 Å². The predicted molar refractivity (Wildman–Crippen MR) is 152 cm³/mol. The van der Waals surface area contributed by atoms with Gasteiger partial charge in [0.15, 0.2) is 0 Å². The second-order valence-corrected chi connectivity index (χ2v) is 14.3. The molecule has 6 nitrogen and oxygen atoms in total. The van der Waals surface area contributed by atoms with E-state index in [1.54, 1.807) is 12.3 Å². The molecule has 2 aliphatic heterocycles. The Hall–Kier alpha value is -2.73. The highest BCUT2D eigenvalue weighted by Crippen LogP contribution is 2.56. The summed E-state index contributed by atoms with van der Waals surface area (Å²) in [5.74, 6) is -2.30. The first kappa shape index (κ1) is 28.4. The maximum atomic E-state index is 14.4. The number of anilines is 1.